The molecule has 0 saturated carbocycles. The lowest BCUT2D eigenvalue weighted by molar-refractivity contribution is 0.674. The lowest BCUT2D eigenvalue weighted by Gasteiger charge is -2.24. The van der Waals surface area contributed by atoms with Crippen LogP contribution in [0.5, 0.6) is 0 Å². The van der Waals surface area contributed by atoms with E-state index in [4.69, 9.17) is 24.9 Å². The molecule has 12 rings (SSSR count). The maximum absolute atomic E-state index is 5.20. The number of nitrogens with zero attached hydrogens (tertiary/aromatic N) is 6. The van der Waals surface area contributed by atoms with Crippen molar-refractivity contribution in [1.29, 1.82) is 0 Å². The summed E-state index contributed by atoms with van der Waals surface area (Å²) in [4.78, 5) is 25.5. The Balaban J connectivity index is 0.908. The molecule has 0 radical (unpaired) electrons. The van der Waals surface area contributed by atoms with Crippen molar-refractivity contribution in [2.24, 2.45) is 9.98 Å². The Morgan fingerprint density at radius 2 is 0.821 bits per heavy atom. The molecular formula is C60H41N7. The Morgan fingerprint density at radius 1 is 0.343 bits per heavy atom. The number of amidine groups is 2. The molecule has 1 N–H and O–H groups in total. The van der Waals surface area contributed by atoms with Crippen molar-refractivity contribution in [2.75, 3.05) is 0 Å². The number of benzene rings is 9. The van der Waals surface area contributed by atoms with Gasteiger partial charge in [-0.25, -0.2) is 24.9 Å². The molecule has 7 heteroatoms. The second-order valence-corrected chi connectivity index (χ2v) is 16.6. The van der Waals surface area contributed by atoms with Gasteiger partial charge in [-0.1, -0.05) is 188 Å². The van der Waals surface area contributed by atoms with Gasteiger partial charge < -0.3 is 9.88 Å². The minimum Gasteiger partial charge on any atom is -0.344 e. The quantitative estimate of drug-likeness (QED) is 0.157. The van der Waals surface area contributed by atoms with Crippen LogP contribution in [-0.4, -0.2) is 31.2 Å². The Morgan fingerprint density at radius 3 is 1.48 bits per heavy atom. The van der Waals surface area contributed by atoms with Gasteiger partial charge in [0.1, 0.15) is 12.0 Å². The van der Waals surface area contributed by atoms with E-state index < -0.39 is 0 Å². The molecule has 0 bridgehead atoms. The van der Waals surface area contributed by atoms with Crippen molar-refractivity contribution >= 4 is 33.5 Å². The minimum atomic E-state index is -0.349. The number of hydrogen-bond donors (Lipinski definition) is 1. The van der Waals surface area contributed by atoms with E-state index in [1.165, 1.54) is 21.8 Å². The highest BCUT2D eigenvalue weighted by atomic mass is 15.2. The Hall–Kier alpha value is -9.07. The zero-order valence-corrected chi connectivity index (χ0v) is 36.3. The van der Waals surface area contributed by atoms with E-state index in [0.717, 1.165) is 67.2 Å². The molecule has 0 fully saturated rings. The van der Waals surface area contributed by atoms with E-state index in [0.29, 0.717) is 23.3 Å². The molecule has 0 amide bonds. The lowest BCUT2D eigenvalue weighted by atomic mass is 9.99. The Labute approximate surface area is 388 Å². The van der Waals surface area contributed by atoms with Gasteiger partial charge >= 0.3 is 0 Å². The summed E-state index contributed by atoms with van der Waals surface area (Å²) in [5, 5.41) is 6.03. The number of aromatic nitrogens is 4. The molecule has 2 aromatic heterocycles. The van der Waals surface area contributed by atoms with Crippen LogP contribution in [0.25, 0.3) is 83.9 Å². The van der Waals surface area contributed by atoms with Gasteiger partial charge in [-0.3, -0.25) is 0 Å². The molecule has 0 spiro atoms. The van der Waals surface area contributed by atoms with Crippen molar-refractivity contribution in [3.63, 3.8) is 0 Å². The SMILES string of the molecule is c1ccc(C2=NC(c3cccc(-c4cccc(-c5nc(-c6ccccc6)nc(-c6cccc(-c7ccc8c(c7)c7ccccc7n8-c7ccccc7)c6)n5)c4)c3)NC(c3ccccc3)=N2)cc1. The fraction of sp³-hybridized carbons (Fsp3) is 0.0167. The van der Waals surface area contributed by atoms with E-state index in [-0.39, 0.29) is 6.17 Å². The first-order chi connectivity index (χ1) is 33.2. The summed E-state index contributed by atoms with van der Waals surface area (Å²) in [6, 6.07) is 81.9. The average Bonchev–Trinajstić information content (AvgIpc) is 3.75. The third kappa shape index (κ3) is 7.74. The van der Waals surface area contributed by atoms with Crippen molar-refractivity contribution < 1.29 is 0 Å². The molecule has 0 aliphatic carbocycles. The van der Waals surface area contributed by atoms with Crippen molar-refractivity contribution in [3.8, 4) is 62.1 Å². The fourth-order valence-corrected chi connectivity index (χ4v) is 9.00. The number of hydrogen-bond acceptors (Lipinski definition) is 6. The third-order valence-corrected chi connectivity index (χ3v) is 12.3. The molecule has 0 saturated heterocycles. The van der Waals surface area contributed by atoms with Gasteiger partial charge in [-0.2, -0.15) is 0 Å². The number of fused-ring (bicyclic) bond motifs is 3. The van der Waals surface area contributed by atoms with Gasteiger partial charge in [-0.15, -0.1) is 0 Å². The van der Waals surface area contributed by atoms with Crippen LogP contribution in [0.4, 0.5) is 0 Å². The van der Waals surface area contributed by atoms with Crippen LogP contribution in [0.1, 0.15) is 22.9 Å². The first-order valence-corrected chi connectivity index (χ1v) is 22.4. The maximum Gasteiger partial charge on any atom is 0.164 e. The van der Waals surface area contributed by atoms with Crippen molar-refractivity contribution in [2.45, 2.75) is 6.17 Å². The predicted octanol–water partition coefficient (Wildman–Crippen LogP) is 13.8. The van der Waals surface area contributed by atoms with Crippen LogP contribution in [0, 0.1) is 0 Å². The van der Waals surface area contributed by atoms with Gasteiger partial charge in [0.05, 0.1) is 11.0 Å². The third-order valence-electron chi connectivity index (χ3n) is 12.3. The summed E-state index contributed by atoms with van der Waals surface area (Å²) in [5.74, 6) is 3.28. The van der Waals surface area contributed by atoms with Crippen LogP contribution in [-0.2, 0) is 0 Å². The average molecular weight is 860 g/mol. The van der Waals surface area contributed by atoms with Crippen molar-refractivity contribution in [1.82, 2.24) is 24.8 Å². The van der Waals surface area contributed by atoms with Gasteiger partial charge in [-0.05, 0) is 76.3 Å². The van der Waals surface area contributed by atoms with E-state index in [1.54, 1.807) is 0 Å². The smallest absolute Gasteiger partial charge is 0.164 e. The van der Waals surface area contributed by atoms with E-state index in [9.17, 15) is 0 Å². The molecule has 11 aromatic rings. The predicted molar refractivity (Wildman–Crippen MR) is 273 cm³/mol. The first-order valence-electron chi connectivity index (χ1n) is 22.4. The molecule has 1 aliphatic heterocycles. The highest BCUT2D eigenvalue weighted by Crippen LogP contribution is 2.36. The van der Waals surface area contributed by atoms with E-state index in [2.05, 4.69) is 180 Å². The zero-order chi connectivity index (χ0) is 44.5. The fourth-order valence-electron chi connectivity index (χ4n) is 9.00. The Kier molecular flexibility index (Phi) is 10.1. The first kappa shape index (κ1) is 39.5. The van der Waals surface area contributed by atoms with Crippen LogP contribution in [0.2, 0.25) is 0 Å². The number of rotatable bonds is 9. The maximum atomic E-state index is 5.20. The summed E-state index contributed by atoms with van der Waals surface area (Å²) in [6.07, 6.45) is -0.349. The van der Waals surface area contributed by atoms with Crippen LogP contribution < -0.4 is 5.32 Å². The van der Waals surface area contributed by atoms with Crippen LogP contribution in [0.3, 0.4) is 0 Å². The highest BCUT2D eigenvalue weighted by molar-refractivity contribution is 6.13. The monoisotopic (exact) mass is 859 g/mol. The largest absolute Gasteiger partial charge is 0.344 e. The van der Waals surface area contributed by atoms with Crippen LogP contribution in [0.15, 0.2) is 247 Å². The summed E-state index contributed by atoms with van der Waals surface area (Å²) in [6.45, 7) is 0. The lowest BCUT2D eigenvalue weighted by Crippen LogP contribution is -2.33. The number of nitrogens with one attached hydrogen (secondary N) is 1. The summed E-state index contributed by atoms with van der Waals surface area (Å²) in [5.41, 5.74) is 13.5. The minimum absolute atomic E-state index is 0.349. The molecule has 67 heavy (non-hydrogen) atoms. The molecule has 1 aliphatic rings. The zero-order valence-electron chi connectivity index (χ0n) is 36.3. The van der Waals surface area contributed by atoms with Crippen molar-refractivity contribution in [3.05, 3.63) is 253 Å². The highest BCUT2D eigenvalue weighted by Gasteiger charge is 2.22. The van der Waals surface area contributed by atoms with Gasteiger partial charge in [0, 0.05) is 44.3 Å². The van der Waals surface area contributed by atoms with Gasteiger partial charge in [0.15, 0.2) is 23.3 Å². The number of para-hydroxylation sites is 2. The van der Waals surface area contributed by atoms with Gasteiger partial charge in [0.2, 0.25) is 0 Å². The summed E-state index contributed by atoms with van der Waals surface area (Å²) >= 11 is 0. The molecule has 3 heterocycles. The molecule has 316 valence electrons. The molecule has 1 atom stereocenters. The molecule has 7 nitrogen and oxygen atoms in total. The number of aliphatic imine (C=N–C) groups is 2. The molecule has 9 aromatic carbocycles. The van der Waals surface area contributed by atoms with Gasteiger partial charge in [0.25, 0.3) is 0 Å². The molecular weight excluding hydrogens is 819 g/mol. The Bertz CT molecular complexity index is 3660. The van der Waals surface area contributed by atoms with Crippen LogP contribution >= 0.6 is 0 Å². The standard InChI is InChI=1S/C60H41N7/c1-5-18-40(19-6-1)55-61-56(41-20-7-2-8-21-41)63-58(62-55)47-27-15-24-43(36-47)44-25-16-28-48(37-44)59-64-57(42-22-9-3-10-23-42)65-60(66-59)49-29-17-26-45(38-49)46-34-35-54-52(39-46)51-32-13-14-33-53(51)67(54)50-30-11-4-12-31-50/h1-39,58H,(H,61,62,63). The van der Waals surface area contributed by atoms with E-state index in [1.807, 2.05) is 66.7 Å². The topological polar surface area (TPSA) is 80.3 Å². The second-order valence-electron chi connectivity index (χ2n) is 16.6. The van der Waals surface area contributed by atoms with E-state index >= 15 is 0 Å². The normalized spacial score (nSPS) is 13.5. The summed E-state index contributed by atoms with van der Waals surface area (Å²) < 4.78 is 2.34. The second kappa shape index (κ2) is 17.1. The molecule has 1 unspecified atom stereocenters. The summed E-state index contributed by atoms with van der Waals surface area (Å²) in [7, 11) is 0.